The maximum atomic E-state index is 12.6. The van der Waals surface area contributed by atoms with Crippen LogP contribution < -0.4 is 11.1 Å². The zero-order valence-corrected chi connectivity index (χ0v) is 9.80. The highest BCUT2D eigenvalue weighted by Gasteiger charge is 2.37. The number of hydrogen-bond donors (Lipinski definition) is 2. The van der Waals surface area contributed by atoms with Crippen LogP contribution >= 0.6 is 0 Å². The summed E-state index contributed by atoms with van der Waals surface area (Å²) < 4.78 is 37.9. The van der Waals surface area contributed by atoms with Crippen LogP contribution in [0.25, 0.3) is 0 Å². The number of halogens is 3. The molecular weight excluding hydrogens is 241 g/mol. The van der Waals surface area contributed by atoms with Crippen molar-refractivity contribution < 1.29 is 13.2 Å². The Morgan fingerprint density at radius 1 is 1.22 bits per heavy atom. The summed E-state index contributed by atoms with van der Waals surface area (Å²) in [6.07, 6.45) is -1.19. The van der Waals surface area contributed by atoms with Gasteiger partial charge in [0.2, 0.25) is 0 Å². The predicted molar refractivity (Wildman–Crippen MR) is 63.1 cm³/mol. The average molecular weight is 256 g/mol. The lowest BCUT2D eigenvalue weighted by molar-refractivity contribution is -0.137. The van der Waals surface area contributed by atoms with Crippen molar-refractivity contribution in [1.82, 2.24) is 0 Å². The number of rotatable bonds is 1. The van der Waals surface area contributed by atoms with Crippen LogP contribution in [0.15, 0.2) is 18.2 Å². The maximum Gasteiger partial charge on any atom is 0.416 e. The Hall–Kier alpha value is -1.23. The van der Waals surface area contributed by atoms with Crippen LogP contribution in [-0.2, 0) is 6.18 Å². The topological polar surface area (TPSA) is 38.0 Å². The quantitative estimate of drug-likeness (QED) is 0.809. The van der Waals surface area contributed by atoms with Crippen LogP contribution in [0.5, 0.6) is 0 Å². The number of anilines is 1. The Morgan fingerprint density at radius 2 is 1.94 bits per heavy atom. The summed E-state index contributed by atoms with van der Waals surface area (Å²) in [4.78, 5) is 0. The van der Waals surface area contributed by atoms with Gasteiger partial charge in [-0.25, -0.2) is 0 Å². The van der Waals surface area contributed by atoms with Gasteiger partial charge in [-0.1, -0.05) is 0 Å². The molecule has 3 rings (SSSR count). The summed E-state index contributed by atoms with van der Waals surface area (Å²) in [6.45, 7) is 0. The van der Waals surface area contributed by atoms with Crippen molar-refractivity contribution in [2.45, 2.75) is 37.5 Å². The van der Waals surface area contributed by atoms with E-state index in [0.717, 1.165) is 18.2 Å². The molecule has 1 saturated carbocycles. The fourth-order valence-electron chi connectivity index (χ4n) is 2.65. The smallest absolute Gasteiger partial charge is 0.382 e. The summed E-state index contributed by atoms with van der Waals surface area (Å²) in [5, 5.41) is 3.32. The van der Waals surface area contributed by atoms with E-state index in [4.69, 9.17) is 5.73 Å². The first-order valence-corrected chi connectivity index (χ1v) is 6.18. The molecular formula is C13H15F3N2. The lowest BCUT2D eigenvalue weighted by Crippen LogP contribution is -2.33. The first kappa shape index (κ1) is 11.8. The van der Waals surface area contributed by atoms with Gasteiger partial charge in [-0.05, 0) is 48.9 Å². The Kier molecular flexibility index (Phi) is 2.55. The van der Waals surface area contributed by atoms with Crippen molar-refractivity contribution in [3.8, 4) is 0 Å². The predicted octanol–water partition coefficient (Wildman–Crippen LogP) is 3.30. The third-order valence-corrected chi connectivity index (χ3v) is 3.82. The number of nitrogens with two attached hydrogens (primary N) is 1. The van der Waals surface area contributed by atoms with E-state index in [1.54, 1.807) is 0 Å². The summed E-state index contributed by atoms with van der Waals surface area (Å²) in [6, 6.07) is 3.83. The van der Waals surface area contributed by atoms with E-state index in [2.05, 4.69) is 5.32 Å². The molecule has 0 aromatic heterocycles. The monoisotopic (exact) mass is 256 g/mol. The molecule has 18 heavy (non-hydrogen) atoms. The van der Waals surface area contributed by atoms with E-state index in [-0.39, 0.29) is 6.04 Å². The molecule has 0 unspecified atom stereocenters. The number of benzene rings is 1. The first-order valence-electron chi connectivity index (χ1n) is 6.18. The fraction of sp³-hybridized carbons (Fsp3) is 0.538. The molecule has 2 atom stereocenters. The molecule has 2 aliphatic rings. The third-order valence-electron chi connectivity index (χ3n) is 3.82. The average Bonchev–Trinajstić information content (AvgIpc) is 3.11. The van der Waals surface area contributed by atoms with Crippen LogP contribution in [-0.4, -0.2) is 6.04 Å². The van der Waals surface area contributed by atoms with Crippen molar-refractivity contribution in [3.63, 3.8) is 0 Å². The van der Waals surface area contributed by atoms with Gasteiger partial charge in [0, 0.05) is 17.8 Å². The number of alkyl halides is 3. The van der Waals surface area contributed by atoms with Crippen LogP contribution in [0.1, 0.15) is 36.4 Å². The second-order valence-electron chi connectivity index (χ2n) is 5.23. The fourth-order valence-corrected chi connectivity index (χ4v) is 2.65. The second kappa shape index (κ2) is 3.88. The molecule has 2 nitrogen and oxygen atoms in total. The molecule has 0 bridgehead atoms. The van der Waals surface area contributed by atoms with E-state index in [1.165, 1.54) is 25.0 Å². The van der Waals surface area contributed by atoms with Crippen LogP contribution in [0.2, 0.25) is 0 Å². The van der Waals surface area contributed by atoms with Gasteiger partial charge >= 0.3 is 6.18 Å². The molecule has 1 aliphatic heterocycles. The van der Waals surface area contributed by atoms with Gasteiger partial charge in [-0.3, -0.25) is 0 Å². The van der Waals surface area contributed by atoms with Crippen LogP contribution in [0.3, 0.4) is 0 Å². The lowest BCUT2D eigenvalue weighted by Gasteiger charge is -2.32. The van der Waals surface area contributed by atoms with Crippen molar-refractivity contribution in [3.05, 3.63) is 29.3 Å². The molecule has 0 radical (unpaired) electrons. The SMILES string of the molecule is N[C@H]1C[C@@H](C2CC2)Nc2ccc(C(F)(F)F)cc21. The lowest BCUT2D eigenvalue weighted by atomic mass is 9.90. The molecule has 1 aromatic carbocycles. The second-order valence-corrected chi connectivity index (χ2v) is 5.23. The Morgan fingerprint density at radius 3 is 2.56 bits per heavy atom. The molecule has 5 heteroatoms. The first-order chi connectivity index (χ1) is 8.45. The molecule has 3 N–H and O–H groups in total. The minimum Gasteiger partial charge on any atom is -0.382 e. The Labute approximate surface area is 103 Å². The van der Waals surface area contributed by atoms with E-state index in [9.17, 15) is 13.2 Å². The summed E-state index contributed by atoms with van der Waals surface area (Å²) in [5.41, 5.74) is 6.73. The van der Waals surface area contributed by atoms with E-state index < -0.39 is 11.7 Å². The zero-order chi connectivity index (χ0) is 12.9. The molecule has 0 amide bonds. The third kappa shape index (κ3) is 2.07. The summed E-state index contributed by atoms with van der Waals surface area (Å²) in [7, 11) is 0. The molecule has 1 heterocycles. The van der Waals surface area contributed by atoms with E-state index in [0.29, 0.717) is 17.5 Å². The van der Waals surface area contributed by atoms with Gasteiger partial charge < -0.3 is 11.1 Å². The molecule has 1 fully saturated rings. The van der Waals surface area contributed by atoms with Gasteiger partial charge in [-0.2, -0.15) is 13.2 Å². The van der Waals surface area contributed by atoms with Gasteiger partial charge in [0.1, 0.15) is 0 Å². The zero-order valence-electron chi connectivity index (χ0n) is 9.80. The summed E-state index contributed by atoms with van der Waals surface area (Å²) >= 11 is 0. The molecule has 1 aromatic rings. The minimum atomic E-state index is -4.30. The summed E-state index contributed by atoms with van der Waals surface area (Å²) in [5.74, 6) is 0.645. The van der Waals surface area contributed by atoms with Crippen LogP contribution in [0.4, 0.5) is 18.9 Å². The van der Waals surface area contributed by atoms with Gasteiger partial charge in [0.05, 0.1) is 5.56 Å². The standard InChI is InChI=1S/C13H15F3N2/c14-13(15,16)8-3-4-11-9(5-8)10(17)6-12(18-11)7-1-2-7/h3-5,7,10,12,18H,1-2,6,17H2/t10-,12-/m0/s1. The maximum absolute atomic E-state index is 12.6. The van der Waals surface area contributed by atoms with Crippen molar-refractivity contribution in [2.24, 2.45) is 11.7 Å². The molecule has 0 saturated heterocycles. The van der Waals surface area contributed by atoms with Crippen molar-refractivity contribution >= 4 is 5.69 Å². The molecule has 98 valence electrons. The van der Waals surface area contributed by atoms with E-state index >= 15 is 0 Å². The van der Waals surface area contributed by atoms with Crippen molar-refractivity contribution in [1.29, 1.82) is 0 Å². The Bertz CT molecular complexity index is 466. The Balaban J connectivity index is 1.92. The number of nitrogens with one attached hydrogen (secondary N) is 1. The molecule has 1 aliphatic carbocycles. The number of hydrogen-bond acceptors (Lipinski definition) is 2. The normalized spacial score (nSPS) is 27.6. The van der Waals surface area contributed by atoms with E-state index in [1.807, 2.05) is 0 Å². The molecule has 0 spiro atoms. The highest BCUT2D eigenvalue weighted by atomic mass is 19.4. The van der Waals surface area contributed by atoms with Gasteiger partial charge in [-0.15, -0.1) is 0 Å². The highest BCUT2D eigenvalue weighted by Crippen LogP contribution is 2.43. The van der Waals surface area contributed by atoms with Gasteiger partial charge in [0.15, 0.2) is 0 Å². The van der Waals surface area contributed by atoms with Crippen LogP contribution in [0, 0.1) is 5.92 Å². The minimum absolute atomic E-state index is 0.297. The van der Waals surface area contributed by atoms with Crippen molar-refractivity contribution in [2.75, 3.05) is 5.32 Å². The van der Waals surface area contributed by atoms with Gasteiger partial charge in [0.25, 0.3) is 0 Å². The largest absolute Gasteiger partial charge is 0.416 e. The highest BCUT2D eigenvalue weighted by molar-refractivity contribution is 5.57. The number of fused-ring (bicyclic) bond motifs is 1.